The normalized spacial score (nSPS) is 11.1. The minimum Gasteiger partial charge on any atom is -0.550 e. The molecule has 0 fully saturated rings. The van der Waals surface area contributed by atoms with Gasteiger partial charge in [0.25, 0.3) is 0 Å². The van der Waals surface area contributed by atoms with Gasteiger partial charge in [-0.1, -0.05) is 192 Å². The summed E-state index contributed by atoms with van der Waals surface area (Å²) in [5, 5.41) is 20.5. The molecule has 49 heavy (non-hydrogen) atoms. The first-order valence-corrected chi connectivity index (χ1v) is 21.2. The Labute approximate surface area is 319 Å². The van der Waals surface area contributed by atoms with Crippen molar-refractivity contribution in [2.24, 2.45) is 0 Å². The molecular weight excluding hydrogens is 658 g/mol. The molecule has 0 aromatic heterocycles. The summed E-state index contributed by atoms with van der Waals surface area (Å²) in [5.41, 5.74) is 0. The van der Waals surface area contributed by atoms with Crippen LogP contribution in [0.2, 0.25) is 0 Å². The van der Waals surface area contributed by atoms with Gasteiger partial charge in [0.15, 0.2) is 0 Å². The van der Waals surface area contributed by atoms with Crippen LogP contribution in [0.15, 0.2) is 24.3 Å². The Morgan fingerprint density at radius 1 is 0.327 bits per heavy atom. The molecule has 0 atom stereocenters. The first-order chi connectivity index (χ1) is 23.5. The van der Waals surface area contributed by atoms with E-state index in [4.69, 9.17) is 0 Å². The molecule has 0 bridgehead atoms. The number of aliphatic carboxylic acids is 2. The summed E-state index contributed by atoms with van der Waals surface area (Å²) in [6.45, 7) is 4.54. The maximum atomic E-state index is 10.3. The Morgan fingerprint density at radius 2 is 0.510 bits per heavy atom. The molecule has 0 heterocycles. The molecule has 0 radical (unpaired) electrons. The van der Waals surface area contributed by atoms with Crippen LogP contribution < -0.4 is 10.2 Å². The van der Waals surface area contributed by atoms with Crippen molar-refractivity contribution in [3.8, 4) is 0 Å². The Bertz CT molecular complexity index is 632. The van der Waals surface area contributed by atoms with Gasteiger partial charge in [0.05, 0.1) is 0 Å². The quantitative estimate of drug-likeness (QED) is 0.0359. The van der Waals surface area contributed by atoms with Gasteiger partial charge in [0, 0.05) is 11.9 Å². The van der Waals surface area contributed by atoms with Crippen LogP contribution in [-0.4, -0.2) is 11.9 Å². The molecule has 0 amide bonds. The fourth-order valence-electron chi connectivity index (χ4n) is 6.09. The maximum absolute atomic E-state index is 10.3. The van der Waals surface area contributed by atoms with Crippen LogP contribution in [0.1, 0.15) is 245 Å². The van der Waals surface area contributed by atoms with E-state index in [2.05, 4.69) is 38.2 Å². The fourth-order valence-corrected chi connectivity index (χ4v) is 6.09. The zero-order valence-electron chi connectivity index (χ0n) is 33.1. The second-order valence-corrected chi connectivity index (χ2v) is 14.2. The third-order valence-corrected chi connectivity index (χ3v) is 9.29. The smallest absolute Gasteiger partial charge is 0.550 e. The van der Waals surface area contributed by atoms with Gasteiger partial charge >= 0.3 is 19.5 Å². The van der Waals surface area contributed by atoms with Crippen LogP contribution in [0.3, 0.4) is 0 Å². The van der Waals surface area contributed by atoms with Gasteiger partial charge in [-0.15, -0.1) is 0 Å². The third kappa shape index (κ3) is 56.7. The Balaban J connectivity index is -0.000000846. The summed E-state index contributed by atoms with van der Waals surface area (Å²) < 4.78 is 0. The van der Waals surface area contributed by atoms with Gasteiger partial charge in [-0.25, -0.2) is 0 Å². The van der Waals surface area contributed by atoms with E-state index in [-0.39, 0.29) is 32.3 Å². The zero-order valence-corrected chi connectivity index (χ0v) is 36.1. The van der Waals surface area contributed by atoms with Crippen LogP contribution in [0.5, 0.6) is 0 Å². The maximum Gasteiger partial charge on any atom is 2.00 e. The summed E-state index contributed by atoms with van der Waals surface area (Å²) in [7, 11) is 0. The first-order valence-electron chi connectivity index (χ1n) is 21.2. The molecule has 284 valence electrons. The van der Waals surface area contributed by atoms with Crippen molar-refractivity contribution < 1.29 is 39.3 Å². The number of hydrogen-bond acceptors (Lipinski definition) is 4. The van der Waals surface area contributed by atoms with Crippen LogP contribution in [0.25, 0.3) is 0 Å². The number of unbranched alkanes of at least 4 members (excludes halogenated alkanes) is 30. The molecular formula is C44H82O4Zn. The molecule has 0 rings (SSSR count). The Kier molecular flexibility index (Phi) is 52.6. The monoisotopic (exact) mass is 739 g/mol. The van der Waals surface area contributed by atoms with Crippen molar-refractivity contribution in [1.82, 2.24) is 0 Å². The van der Waals surface area contributed by atoms with E-state index in [0.29, 0.717) is 0 Å². The van der Waals surface area contributed by atoms with Gasteiger partial charge in [-0.2, -0.15) is 0 Å². The van der Waals surface area contributed by atoms with E-state index in [9.17, 15) is 19.8 Å². The van der Waals surface area contributed by atoms with Gasteiger partial charge in [-0.05, 0) is 77.0 Å². The van der Waals surface area contributed by atoms with Crippen LogP contribution >= 0.6 is 0 Å². The number of hydrogen-bond donors (Lipinski definition) is 0. The van der Waals surface area contributed by atoms with E-state index < -0.39 is 11.9 Å². The van der Waals surface area contributed by atoms with Crippen molar-refractivity contribution in [3.05, 3.63) is 24.3 Å². The van der Waals surface area contributed by atoms with Crippen molar-refractivity contribution in [2.45, 2.75) is 245 Å². The molecule has 0 aliphatic rings. The van der Waals surface area contributed by atoms with E-state index in [1.54, 1.807) is 0 Å². The topological polar surface area (TPSA) is 80.3 Å². The molecule has 0 aromatic rings. The van der Waals surface area contributed by atoms with Crippen molar-refractivity contribution in [1.29, 1.82) is 0 Å². The number of allylic oxidation sites excluding steroid dienone is 4. The van der Waals surface area contributed by atoms with Gasteiger partial charge in [0.1, 0.15) is 0 Å². The summed E-state index contributed by atoms with van der Waals surface area (Å²) in [4.78, 5) is 20.5. The largest absolute Gasteiger partial charge is 2.00 e. The average Bonchev–Trinajstić information content (AvgIpc) is 3.07. The fraction of sp³-hybridized carbons (Fsp3) is 0.864. The first kappa shape index (κ1) is 52.4. The number of carbonyl (C=O) groups is 2. The molecule has 0 saturated carbocycles. The molecule has 5 heteroatoms. The van der Waals surface area contributed by atoms with E-state index in [0.717, 1.165) is 25.7 Å². The molecule has 0 N–H and O–H groups in total. The number of carboxylic acids is 2. The minimum absolute atomic E-state index is 0. The summed E-state index contributed by atoms with van der Waals surface area (Å²) in [6.07, 6.45) is 53.5. The molecule has 0 saturated heterocycles. The summed E-state index contributed by atoms with van der Waals surface area (Å²) >= 11 is 0. The standard InChI is InChI=1S/2C22H42O2.Zn/c2*1-2-3-4-5-6-7-8-9-10-11-12-13-14-15-16-17-18-19-20-21-22(23)24;/h2*9-10H,2-8,11-21H2,1H3,(H,23,24);/q;;+2/p-2/b2*10-9-;. The minimum atomic E-state index is -0.906. The molecule has 0 unspecified atom stereocenters. The van der Waals surface area contributed by atoms with Crippen molar-refractivity contribution in [3.63, 3.8) is 0 Å². The number of carboxylic acid groups (broad SMARTS) is 2. The molecule has 4 nitrogen and oxygen atoms in total. The second kappa shape index (κ2) is 49.2. The van der Waals surface area contributed by atoms with E-state index in [1.807, 2.05) is 0 Å². The van der Waals surface area contributed by atoms with Crippen molar-refractivity contribution >= 4 is 11.9 Å². The Hall–Kier alpha value is -0.957. The zero-order chi connectivity index (χ0) is 35.4. The predicted octanol–water partition coefficient (Wildman–Crippen LogP) is 12.7. The van der Waals surface area contributed by atoms with E-state index in [1.165, 1.54) is 193 Å². The average molecular weight is 741 g/mol. The van der Waals surface area contributed by atoms with Gasteiger partial charge in [-0.3, -0.25) is 0 Å². The van der Waals surface area contributed by atoms with Crippen LogP contribution in [0.4, 0.5) is 0 Å². The summed E-state index contributed by atoms with van der Waals surface area (Å²) in [6, 6.07) is 0. The number of carbonyl (C=O) groups excluding carboxylic acids is 2. The van der Waals surface area contributed by atoms with Crippen LogP contribution in [-0.2, 0) is 29.1 Å². The van der Waals surface area contributed by atoms with Crippen molar-refractivity contribution in [2.75, 3.05) is 0 Å². The number of rotatable bonds is 38. The molecule has 0 spiro atoms. The van der Waals surface area contributed by atoms with Crippen LogP contribution in [0, 0.1) is 0 Å². The second-order valence-electron chi connectivity index (χ2n) is 14.2. The van der Waals surface area contributed by atoms with Gasteiger partial charge < -0.3 is 19.8 Å². The molecule has 0 aliphatic heterocycles. The van der Waals surface area contributed by atoms with Gasteiger partial charge in [0.2, 0.25) is 0 Å². The third-order valence-electron chi connectivity index (χ3n) is 9.29. The molecule has 0 aliphatic carbocycles. The molecule has 0 aromatic carbocycles. The SMILES string of the molecule is CCCCCCCC/C=C\CCCCCCCCCCCC(=O)[O-].CCCCCCCC/C=C\CCCCCCCCCCCC(=O)[O-].[Zn+2]. The predicted molar refractivity (Wildman–Crippen MR) is 206 cm³/mol. The Morgan fingerprint density at radius 3 is 0.714 bits per heavy atom. The summed E-state index contributed by atoms with van der Waals surface area (Å²) in [5.74, 6) is -1.81. The van der Waals surface area contributed by atoms with E-state index >= 15 is 0 Å².